The van der Waals surface area contributed by atoms with Crippen molar-refractivity contribution < 1.29 is 9.63 Å². The lowest BCUT2D eigenvalue weighted by Crippen LogP contribution is -2.10. The average Bonchev–Trinajstić information content (AvgIpc) is 2.77. The van der Waals surface area contributed by atoms with Crippen LogP contribution in [0, 0.1) is 0 Å². The van der Waals surface area contributed by atoms with E-state index >= 15 is 0 Å². The molecule has 1 aromatic heterocycles. The van der Waals surface area contributed by atoms with Gasteiger partial charge in [-0.25, -0.2) is 5.11 Å². The van der Waals surface area contributed by atoms with Crippen LogP contribution in [0.4, 0.5) is 0 Å². The highest BCUT2D eigenvalue weighted by molar-refractivity contribution is 5.55. The van der Waals surface area contributed by atoms with Gasteiger partial charge < -0.3 is 4.52 Å². The summed E-state index contributed by atoms with van der Waals surface area (Å²) in [5.41, 5.74) is 2.29. The minimum Gasteiger partial charge on any atom is -0.339 e. The van der Waals surface area contributed by atoms with Crippen molar-refractivity contribution in [2.45, 2.75) is 32.6 Å². The summed E-state index contributed by atoms with van der Waals surface area (Å²) in [6.45, 7) is 6.28. The number of nitrogens with zero attached hydrogens (tertiary/aromatic N) is 2. The maximum absolute atomic E-state index is 10.5. The number of hydrogen-bond acceptors (Lipinski definition) is 3. The molecule has 0 fully saturated rings. The summed E-state index contributed by atoms with van der Waals surface area (Å²) in [7, 11) is 0. The molecule has 4 nitrogen and oxygen atoms in total. The third kappa shape index (κ3) is 2.76. The second-order valence-electron chi connectivity index (χ2n) is 5.29. The van der Waals surface area contributed by atoms with Crippen molar-refractivity contribution in [3.8, 4) is 11.4 Å². The van der Waals surface area contributed by atoms with Gasteiger partial charge in [-0.1, -0.05) is 50.2 Å². The van der Waals surface area contributed by atoms with Gasteiger partial charge in [0.25, 0.3) is 0 Å². The quantitative estimate of drug-likeness (QED) is 0.835. The minimum absolute atomic E-state index is 0.128. The van der Waals surface area contributed by atoms with Crippen molar-refractivity contribution in [3.05, 3.63) is 35.7 Å². The molecule has 0 saturated heterocycles. The Morgan fingerprint density at radius 1 is 1.17 bits per heavy atom. The van der Waals surface area contributed by atoms with E-state index in [4.69, 9.17) is 4.52 Å². The van der Waals surface area contributed by atoms with E-state index in [1.165, 1.54) is 5.56 Å². The molecule has 0 saturated carbocycles. The van der Waals surface area contributed by atoms with E-state index in [0.29, 0.717) is 11.7 Å². The van der Waals surface area contributed by atoms with Gasteiger partial charge in [-0.2, -0.15) is 4.98 Å². The van der Waals surface area contributed by atoms with Gasteiger partial charge in [0, 0.05) is 5.56 Å². The lowest BCUT2D eigenvalue weighted by Gasteiger charge is -2.18. The maximum Gasteiger partial charge on any atom is 0.229 e. The van der Waals surface area contributed by atoms with E-state index in [2.05, 4.69) is 43.0 Å². The summed E-state index contributed by atoms with van der Waals surface area (Å²) >= 11 is 0. The van der Waals surface area contributed by atoms with Crippen LogP contribution in [0.1, 0.15) is 32.2 Å². The highest BCUT2D eigenvalue weighted by Crippen LogP contribution is 2.24. The number of aromatic nitrogens is 2. The monoisotopic (exact) mass is 245 g/mol. The first-order valence-corrected chi connectivity index (χ1v) is 6.02. The van der Waals surface area contributed by atoms with Gasteiger partial charge in [-0.15, -0.1) is 0 Å². The first-order valence-electron chi connectivity index (χ1n) is 6.02. The van der Waals surface area contributed by atoms with Crippen LogP contribution in [0.2, 0.25) is 0 Å². The third-order valence-electron chi connectivity index (χ3n) is 2.79. The summed E-state index contributed by atoms with van der Waals surface area (Å²) in [6.07, 6.45) is 0.285. The van der Waals surface area contributed by atoms with Gasteiger partial charge in [0.05, 0.1) is 13.0 Å². The average molecular weight is 245 g/mol. The molecular formula is C14H17N2O2. The van der Waals surface area contributed by atoms with Gasteiger partial charge in [0.2, 0.25) is 11.7 Å². The van der Waals surface area contributed by atoms with Crippen LogP contribution in [0.15, 0.2) is 28.8 Å². The molecule has 0 spiro atoms. The first-order chi connectivity index (χ1) is 8.50. The summed E-state index contributed by atoms with van der Waals surface area (Å²) < 4.78 is 5.00. The summed E-state index contributed by atoms with van der Waals surface area (Å²) in [5, 5.41) is 14.3. The number of benzene rings is 1. The van der Waals surface area contributed by atoms with E-state index in [0.717, 1.165) is 5.56 Å². The third-order valence-corrected chi connectivity index (χ3v) is 2.79. The SMILES string of the molecule is CC(C)(C)c1ccc(-c2noc(CC[O])n2)cc1. The van der Waals surface area contributed by atoms with Gasteiger partial charge in [-0.05, 0) is 11.0 Å². The molecule has 1 aromatic carbocycles. The first kappa shape index (κ1) is 12.8. The Hall–Kier alpha value is -1.68. The van der Waals surface area contributed by atoms with Crippen LogP contribution in [0.3, 0.4) is 0 Å². The zero-order chi connectivity index (χ0) is 13.2. The predicted molar refractivity (Wildman–Crippen MR) is 67.7 cm³/mol. The topological polar surface area (TPSA) is 58.8 Å². The predicted octanol–water partition coefficient (Wildman–Crippen LogP) is 3.01. The molecule has 1 radical (unpaired) electrons. The van der Waals surface area contributed by atoms with Gasteiger partial charge >= 0.3 is 0 Å². The molecule has 0 bridgehead atoms. The van der Waals surface area contributed by atoms with Crippen LogP contribution in [-0.4, -0.2) is 16.7 Å². The lowest BCUT2D eigenvalue weighted by atomic mass is 9.87. The molecule has 0 amide bonds. The molecule has 0 aliphatic rings. The molecule has 0 aliphatic heterocycles. The van der Waals surface area contributed by atoms with Gasteiger partial charge in [0.15, 0.2) is 0 Å². The molecule has 2 rings (SSSR count). The van der Waals surface area contributed by atoms with E-state index in [-0.39, 0.29) is 18.4 Å². The Morgan fingerprint density at radius 3 is 2.39 bits per heavy atom. The zero-order valence-corrected chi connectivity index (χ0v) is 10.9. The molecule has 1 heterocycles. The Morgan fingerprint density at radius 2 is 1.83 bits per heavy atom. The molecule has 0 N–H and O–H groups in total. The van der Waals surface area contributed by atoms with Crippen molar-refractivity contribution in [3.63, 3.8) is 0 Å². The fraction of sp³-hybridized carbons (Fsp3) is 0.429. The lowest BCUT2D eigenvalue weighted by molar-refractivity contribution is 0.186. The molecule has 95 valence electrons. The van der Waals surface area contributed by atoms with Crippen LogP contribution < -0.4 is 0 Å². The molecule has 0 aliphatic carbocycles. The van der Waals surface area contributed by atoms with Gasteiger partial charge in [-0.3, -0.25) is 0 Å². The Kier molecular flexibility index (Phi) is 3.48. The van der Waals surface area contributed by atoms with E-state index < -0.39 is 0 Å². The number of rotatable bonds is 3. The van der Waals surface area contributed by atoms with Crippen LogP contribution in [0.25, 0.3) is 11.4 Å². The summed E-state index contributed by atoms with van der Waals surface area (Å²) in [6, 6.07) is 8.09. The van der Waals surface area contributed by atoms with E-state index in [9.17, 15) is 5.11 Å². The molecule has 2 aromatic rings. The number of hydrogen-bond donors (Lipinski definition) is 0. The van der Waals surface area contributed by atoms with Crippen LogP contribution in [-0.2, 0) is 16.9 Å². The van der Waals surface area contributed by atoms with Crippen LogP contribution in [0.5, 0.6) is 0 Å². The molecule has 4 heteroatoms. The fourth-order valence-electron chi connectivity index (χ4n) is 1.68. The summed E-state index contributed by atoms with van der Waals surface area (Å²) in [4.78, 5) is 4.18. The minimum atomic E-state index is -0.232. The fourth-order valence-corrected chi connectivity index (χ4v) is 1.68. The van der Waals surface area contributed by atoms with Crippen molar-refractivity contribution in [2.24, 2.45) is 0 Å². The normalized spacial score (nSPS) is 11.8. The Balaban J connectivity index is 2.23. The van der Waals surface area contributed by atoms with Crippen molar-refractivity contribution in [1.82, 2.24) is 10.1 Å². The molecule has 0 unspecified atom stereocenters. The largest absolute Gasteiger partial charge is 0.339 e. The highest BCUT2D eigenvalue weighted by Gasteiger charge is 2.14. The van der Waals surface area contributed by atoms with E-state index in [1.807, 2.05) is 12.1 Å². The Bertz CT molecular complexity index is 509. The molecule has 0 atom stereocenters. The van der Waals surface area contributed by atoms with E-state index in [1.54, 1.807) is 0 Å². The second-order valence-corrected chi connectivity index (χ2v) is 5.29. The summed E-state index contributed by atoms with van der Waals surface area (Å²) in [5.74, 6) is 0.943. The Labute approximate surface area is 107 Å². The standard InChI is InChI=1S/C14H17N2O2/c1-14(2,3)11-6-4-10(5-7-11)13-15-12(8-9-17)18-16-13/h4-7H,8-9H2,1-3H3. The zero-order valence-electron chi connectivity index (χ0n) is 10.9. The van der Waals surface area contributed by atoms with Crippen molar-refractivity contribution in [1.29, 1.82) is 0 Å². The highest BCUT2D eigenvalue weighted by atomic mass is 16.5. The molecular weight excluding hydrogens is 228 g/mol. The maximum atomic E-state index is 10.5. The molecule has 18 heavy (non-hydrogen) atoms. The van der Waals surface area contributed by atoms with Gasteiger partial charge in [0.1, 0.15) is 0 Å². The van der Waals surface area contributed by atoms with Crippen molar-refractivity contribution in [2.75, 3.05) is 6.61 Å². The second kappa shape index (κ2) is 4.90. The smallest absolute Gasteiger partial charge is 0.229 e. The van der Waals surface area contributed by atoms with Crippen molar-refractivity contribution >= 4 is 0 Å². The van der Waals surface area contributed by atoms with Crippen LogP contribution >= 0.6 is 0 Å².